The summed E-state index contributed by atoms with van der Waals surface area (Å²) >= 11 is 3.40. The van der Waals surface area contributed by atoms with Crippen LogP contribution >= 0.6 is 15.9 Å². The molecular weight excluding hydrogens is 462 g/mol. The van der Waals surface area contributed by atoms with Gasteiger partial charge in [-0.15, -0.1) is 0 Å². The first-order valence-electron chi connectivity index (χ1n) is 9.26. The number of anilines is 1. The van der Waals surface area contributed by atoms with E-state index in [4.69, 9.17) is 4.74 Å². The van der Waals surface area contributed by atoms with Gasteiger partial charge in [0.05, 0.1) is 23.3 Å². The van der Waals surface area contributed by atoms with Crippen molar-refractivity contribution in [3.05, 3.63) is 104 Å². The van der Waals surface area contributed by atoms with Gasteiger partial charge in [-0.3, -0.25) is 19.8 Å². The molecule has 154 valence electrons. The van der Waals surface area contributed by atoms with E-state index in [2.05, 4.69) is 20.9 Å². The molecule has 8 heteroatoms. The number of nitro benzene ring substituents is 1. The molecule has 4 rings (SSSR count). The van der Waals surface area contributed by atoms with Crippen molar-refractivity contribution in [1.82, 2.24) is 0 Å². The Morgan fingerprint density at radius 1 is 1.03 bits per heavy atom. The molecule has 31 heavy (non-hydrogen) atoms. The standard InChI is InChI=1S/C23H16BrN3O4/c1-31-19-12-6-15(7-13-19)22-25-20(14-16-4-2-3-5-21(16)27(29)30)23(28)26(22)18-10-8-17(24)9-11-18/h2-14H,1H3/b20-14+. The van der Waals surface area contributed by atoms with E-state index >= 15 is 0 Å². The lowest BCUT2D eigenvalue weighted by Crippen LogP contribution is -2.32. The summed E-state index contributed by atoms with van der Waals surface area (Å²) in [6.45, 7) is 0. The van der Waals surface area contributed by atoms with E-state index in [-0.39, 0.29) is 17.3 Å². The molecule has 7 nitrogen and oxygen atoms in total. The highest BCUT2D eigenvalue weighted by Gasteiger charge is 2.33. The van der Waals surface area contributed by atoms with E-state index in [0.717, 1.165) is 4.47 Å². The molecule has 1 amide bonds. The molecule has 0 radical (unpaired) electrons. The Kier molecular flexibility index (Phi) is 5.64. The molecule has 3 aromatic rings. The monoisotopic (exact) mass is 477 g/mol. The fourth-order valence-corrected chi connectivity index (χ4v) is 3.47. The second kappa shape index (κ2) is 8.53. The fourth-order valence-electron chi connectivity index (χ4n) is 3.20. The molecular formula is C23H16BrN3O4. The van der Waals surface area contributed by atoms with Crippen LogP contribution in [0.2, 0.25) is 0 Å². The summed E-state index contributed by atoms with van der Waals surface area (Å²) in [5, 5.41) is 11.4. The van der Waals surface area contributed by atoms with E-state index in [1.165, 1.54) is 17.0 Å². The number of halogens is 1. The Balaban J connectivity index is 1.84. The summed E-state index contributed by atoms with van der Waals surface area (Å²) in [5.74, 6) is 0.741. The summed E-state index contributed by atoms with van der Waals surface area (Å²) in [7, 11) is 1.58. The predicted molar refractivity (Wildman–Crippen MR) is 122 cm³/mol. The molecule has 1 aliphatic heterocycles. The SMILES string of the molecule is COc1ccc(C2=N/C(=C/c3ccccc3[N+](=O)[O-])C(=O)N2c2ccc(Br)cc2)cc1. The quantitative estimate of drug-likeness (QED) is 0.287. The van der Waals surface area contributed by atoms with E-state index in [1.54, 1.807) is 49.6 Å². The number of amides is 1. The topological polar surface area (TPSA) is 85.0 Å². The third-order valence-corrected chi connectivity index (χ3v) is 5.25. The van der Waals surface area contributed by atoms with Crippen LogP contribution in [0.15, 0.2) is 88.0 Å². The zero-order chi connectivity index (χ0) is 22.0. The number of nitro groups is 1. The van der Waals surface area contributed by atoms with Gasteiger partial charge in [0.25, 0.3) is 11.6 Å². The molecule has 0 aliphatic carbocycles. The summed E-state index contributed by atoms with van der Waals surface area (Å²) in [4.78, 5) is 30.3. The first-order valence-corrected chi connectivity index (χ1v) is 10.1. The van der Waals surface area contributed by atoms with Gasteiger partial charge in [0, 0.05) is 16.1 Å². The predicted octanol–water partition coefficient (Wildman–Crippen LogP) is 5.20. The molecule has 0 saturated heterocycles. The van der Waals surface area contributed by atoms with Crippen LogP contribution in [-0.2, 0) is 4.79 Å². The number of amidine groups is 1. The molecule has 3 aromatic carbocycles. The Morgan fingerprint density at radius 3 is 2.35 bits per heavy atom. The normalized spacial score (nSPS) is 14.6. The number of benzene rings is 3. The summed E-state index contributed by atoms with van der Waals surface area (Å²) < 4.78 is 6.09. The Morgan fingerprint density at radius 2 is 1.71 bits per heavy atom. The van der Waals surface area contributed by atoms with E-state index in [1.807, 2.05) is 24.3 Å². The van der Waals surface area contributed by atoms with Crippen LogP contribution in [0.4, 0.5) is 11.4 Å². The maximum Gasteiger partial charge on any atom is 0.282 e. The minimum Gasteiger partial charge on any atom is -0.497 e. The van der Waals surface area contributed by atoms with Crippen molar-refractivity contribution in [1.29, 1.82) is 0 Å². The zero-order valence-corrected chi connectivity index (χ0v) is 17.9. The second-order valence-corrected chi connectivity index (χ2v) is 7.54. The lowest BCUT2D eigenvalue weighted by molar-refractivity contribution is -0.385. The fraction of sp³-hybridized carbons (Fsp3) is 0.0435. The highest BCUT2D eigenvalue weighted by Crippen LogP contribution is 2.30. The number of carbonyl (C=O) groups excluding carboxylic acids is 1. The Labute approximate surface area is 186 Å². The number of hydrogen-bond acceptors (Lipinski definition) is 5. The van der Waals surface area contributed by atoms with Gasteiger partial charge in [0.2, 0.25) is 0 Å². The first-order chi connectivity index (χ1) is 15.0. The van der Waals surface area contributed by atoms with Gasteiger partial charge >= 0.3 is 0 Å². The maximum atomic E-state index is 13.3. The number of nitrogens with zero attached hydrogens (tertiary/aromatic N) is 3. The third-order valence-electron chi connectivity index (χ3n) is 4.72. The average Bonchev–Trinajstić information content (AvgIpc) is 3.10. The largest absolute Gasteiger partial charge is 0.497 e. The van der Waals surface area contributed by atoms with Gasteiger partial charge in [0.15, 0.2) is 0 Å². The lowest BCUT2D eigenvalue weighted by atomic mass is 10.1. The van der Waals surface area contributed by atoms with Crippen LogP contribution < -0.4 is 9.64 Å². The van der Waals surface area contributed by atoms with Crippen LogP contribution in [0.5, 0.6) is 5.75 Å². The molecule has 0 atom stereocenters. The van der Waals surface area contributed by atoms with Crippen LogP contribution in [0, 0.1) is 10.1 Å². The lowest BCUT2D eigenvalue weighted by Gasteiger charge is -2.18. The van der Waals surface area contributed by atoms with Crippen LogP contribution in [0.3, 0.4) is 0 Å². The number of hydrogen-bond donors (Lipinski definition) is 0. The average molecular weight is 478 g/mol. The number of aliphatic imine (C=N–C) groups is 1. The van der Waals surface area contributed by atoms with Crippen molar-refractivity contribution in [2.45, 2.75) is 0 Å². The van der Waals surface area contributed by atoms with Crippen LogP contribution in [-0.4, -0.2) is 23.8 Å². The Bertz CT molecular complexity index is 1220. The van der Waals surface area contributed by atoms with Crippen molar-refractivity contribution < 1.29 is 14.5 Å². The van der Waals surface area contributed by atoms with Gasteiger partial charge in [-0.1, -0.05) is 28.1 Å². The van der Waals surface area contributed by atoms with Crippen LogP contribution in [0.1, 0.15) is 11.1 Å². The minimum atomic E-state index is -0.480. The molecule has 0 aromatic heterocycles. The molecule has 0 unspecified atom stereocenters. The highest BCUT2D eigenvalue weighted by molar-refractivity contribution is 9.10. The van der Waals surface area contributed by atoms with Crippen molar-refractivity contribution in [3.63, 3.8) is 0 Å². The number of methoxy groups -OCH3 is 1. The molecule has 0 saturated carbocycles. The van der Waals surface area contributed by atoms with Crippen molar-refractivity contribution >= 4 is 45.1 Å². The maximum absolute atomic E-state index is 13.3. The highest BCUT2D eigenvalue weighted by atomic mass is 79.9. The molecule has 1 aliphatic rings. The molecule has 1 heterocycles. The number of carbonyl (C=O) groups is 1. The Hall–Kier alpha value is -3.78. The summed E-state index contributed by atoms with van der Waals surface area (Å²) in [5.41, 5.74) is 1.68. The van der Waals surface area contributed by atoms with Gasteiger partial charge in [-0.2, -0.15) is 0 Å². The zero-order valence-electron chi connectivity index (χ0n) is 16.4. The van der Waals surface area contributed by atoms with Gasteiger partial charge in [-0.05, 0) is 60.7 Å². The summed E-state index contributed by atoms with van der Waals surface area (Å²) in [6.07, 6.45) is 1.45. The third kappa shape index (κ3) is 4.10. The number of ether oxygens (including phenoxy) is 1. The number of para-hydroxylation sites is 1. The first kappa shape index (κ1) is 20.5. The van der Waals surface area contributed by atoms with Crippen molar-refractivity contribution in [2.24, 2.45) is 4.99 Å². The van der Waals surface area contributed by atoms with Crippen molar-refractivity contribution in [2.75, 3.05) is 12.0 Å². The van der Waals surface area contributed by atoms with Crippen LogP contribution in [0.25, 0.3) is 6.08 Å². The smallest absolute Gasteiger partial charge is 0.282 e. The minimum absolute atomic E-state index is 0.0916. The molecule has 0 fully saturated rings. The van der Waals surface area contributed by atoms with E-state index in [9.17, 15) is 14.9 Å². The molecule has 0 N–H and O–H groups in total. The van der Waals surface area contributed by atoms with E-state index in [0.29, 0.717) is 28.4 Å². The van der Waals surface area contributed by atoms with Gasteiger partial charge in [-0.25, -0.2) is 4.99 Å². The van der Waals surface area contributed by atoms with Crippen molar-refractivity contribution in [3.8, 4) is 5.75 Å². The molecule has 0 spiro atoms. The second-order valence-electron chi connectivity index (χ2n) is 6.63. The summed E-state index contributed by atoms with van der Waals surface area (Å²) in [6, 6.07) is 20.7. The molecule has 0 bridgehead atoms. The number of rotatable bonds is 5. The van der Waals surface area contributed by atoms with E-state index < -0.39 is 4.92 Å². The van der Waals surface area contributed by atoms with Gasteiger partial charge < -0.3 is 4.74 Å². The van der Waals surface area contributed by atoms with Gasteiger partial charge in [0.1, 0.15) is 17.3 Å².